The van der Waals surface area contributed by atoms with Crippen LogP contribution in [0.4, 0.5) is 0 Å². The Balaban J connectivity index is 2.56. The highest BCUT2D eigenvalue weighted by atomic mass is 16.3. The van der Waals surface area contributed by atoms with Crippen molar-refractivity contribution in [3.63, 3.8) is 0 Å². The number of hydrogen-bond acceptors (Lipinski definition) is 2. The van der Waals surface area contributed by atoms with Crippen LogP contribution in [0.5, 0.6) is 0 Å². The Hall–Kier alpha value is -0.340. The first kappa shape index (κ1) is 8.75. The summed E-state index contributed by atoms with van der Waals surface area (Å²) in [5.74, 6) is 0.992. The van der Waals surface area contributed by atoms with Gasteiger partial charge in [0.2, 0.25) is 0 Å². The van der Waals surface area contributed by atoms with Crippen LogP contribution in [0.2, 0.25) is 0 Å². The van der Waals surface area contributed by atoms with Gasteiger partial charge in [-0.2, -0.15) is 0 Å². The topological polar surface area (TPSA) is 40.5 Å². The quantitative estimate of drug-likeness (QED) is 0.580. The van der Waals surface area contributed by atoms with Crippen molar-refractivity contribution < 1.29 is 10.2 Å². The summed E-state index contributed by atoms with van der Waals surface area (Å²) in [5.41, 5.74) is 0. The van der Waals surface area contributed by atoms with Crippen LogP contribution in [0.25, 0.3) is 0 Å². The van der Waals surface area contributed by atoms with Gasteiger partial charge in [0.15, 0.2) is 0 Å². The van der Waals surface area contributed by atoms with E-state index in [0.717, 1.165) is 6.42 Å². The van der Waals surface area contributed by atoms with Crippen molar-refractivity contribution in [1.82, 2.24) is 0 Å². The molecule has 1 rings (SSSR count). The normalized spacial score (nSPS) is 37.5. The summed E-state index contributed by atoms with van der Waals surface area (Å²) in [6.45, 7) is 2.49. The van der Waals surface area contributed by atoms with Gasteiger partial charge in [-0.05, 0) is 18.3 Å². The van der Waals surface area contributed by atoms with Gasteiger partial charge >= 0.3 is 0 Å². The summed E-state index contributed by atoms with van der Waals surface area (Å²) in [4.78, 5) is 0. The van der Waals surface area contributed by atoms with Crippen LogP contribution >= 0.6 is 0 Å². The molecule has 11 heavy (non-hydrogen) atoms. The van der Waals surface area contributed by atoms with E-state index in [0.29, 0.717) is 5.92 Å². The first-order valence-corrected chi connectivity index (χ1v) is 4.18. The molecular weight excluding hydrogens is 140 g/mol. The lowest BCUT2D eigenvalue weighted by atomic mass is 9.80. The summed E-state index contributed by atoms with van der Waals surface area (Å²) in [5, 5.41) is 17.9. The molecule has 1 aliphatic carbocycles. The highest BCUT2D eigenvalue weighted by Gasteiger charge is 2.22. The average molecular weight is 156 g/mol. The molecule has 0 radical (unpaired) electrons. The third kappa shape index (κ3) is 2.04. The molecule has 0 aromatic heterocycles. The van der Waals surface area contributed by atoms with Gasteiger partial charge in [0.1, 0.15) is 0 Å². The first-order chi connectivity index (χ1) is 5.27. The fourth-order valence-corrected chi connectivity index (χ4v) is 1.64. The maximum absolute atomic E-state index is 8.97. The van der Waals surface area contributed by atoms with E-state index in [4.69, 9.17) is 10.2 Å². The zero-order chi connectivity index (χ0) is 8.27. The van der Waals surface area contributed by atoms with Crippen molar-refractivity contribution in [2.45, 2.75) is 13.3 Å². The first-order valence-electron chi connectivity index (χ1n) is 4.18. The van der Waals surface area contributed by atoms with E-state index in [1.54, 1.807) is 0 Å². The van der Waals surface area contributed by atoms with Gasteiger partial charge in [0, 0.05) is 19.1 Å². The number of rotatable bonds is 2. The van der Waals surface area contributed by atoms with E-state index in [-0.39, 0.29) is 25.0 Å². The van der Waals surface area contributed by atoms with Crippen molar-refractivity contribution >= 4 is 0 Å². The highest BCUT2D eigenvalue weighted by molar-refractivity contribution is 4.99. The van der Waals surface area contributed by atoms with Gasteiger partial charge in [-0.15, -0.1) is 0 Å². The smallest absolute Gasteiger partial charge is 0.0497 e. The molecule has 0 fully saturated rings. The van der Waals surface area contributed by atoms with Crippen LogP contribution in [0.3, 0.4) is 0 Å². The van der Waals surface area contributed by atoms with Crippen LogP contribution in [-0.4, -0.2) is 23.4 Å². The second kappa shape index (κ2) is 3.88. The van der Waals surface area contributed by atoms with Crippen molar-refractivity contribution in [3.05, 3.63) is 12.2 Å². The lowest BCUT2D eigenvalue weighted by Gasteiger charge is -2.27. The standard InChI is InChI=1S/C9H16O2/c1-7-2-3-8(5-10)9(4-7)6-11/h2-3,7-11H,4-6H2,1H3/t7-,8-,9+/m0/s1. The van der Waals surface area contributed by atoms with Crippen molar-refractivity contribution in [2.75, 3.05) is 13.2 Å². The number of aliphatic hydroxyl groups excluding tert-OH is 2. The summed E-state index contributed by atoms with van der Waals surface area (Å²) in [6, 6.07) is 0. The van der Waals surface area contributed by atoms with Crippen LogP contribution < -0.4 is 0 Å². The van der Waals surface area contributed by atoms with Gasteiger partial charge in [-0.25, -0.2) is 0 Å². The predicted molar refractivity (Wildman–Crippen MR) is 44.1 cm³/mol. The molecule has 0 aromatic carbocycles. The van der Waals surface area contributed by atoms with Crippen LogP contribution in [0.15, 0.2) is 12.2 Å². The Morgan fingerprint density at radius 2 is 2.00 bits per heavy atom. The molecular formula is C9H16O2. The van der Waals surface area contributed by atoms with Crippen LogP contribution in [-0.2, 0) is 0 Å². The summed E-state index contributed by atoms with van der Waals surface area (Å²) < 4.78 is 0. The number of allylic oxidation sites excluding steroid dienone is 1. The maximum Gasteiger partial charge on any atom is 0.0497 e. The Labute approximate surface area is 67.6 Å². The number of aliphatic hydroxyl groups is 2. The molecule has 0 spiro atoms. The van der Waals surface area contributed by atoms with Gasteiger partial charge < -0.3 is 10.2 Å². The fraction of sp³-hybridized carbons (Fsp3) is 0.778. The summed E-state index contributed by atoms with van der Waals surface area (Å²) in [6.07, 6.45) is 5.14. The molecule has 0 saturated heterocycles. The van der Waals surface area contributed by atoms with E-state index in [9.17, 15) is 0 Å². The highest BCUT2D eigenvalue weighted by Crippen LogP contribution is 2.27. The van der Waals surface area contributed by atoms with Crippen molar-refractivity contribution in [3.8, 4) is 0 Å². The van der Waals surface area contributed by atoms with E-state index in [1.807, 2.05) is 6.08 Å². The molecule has 0 saturated carbocycles. The predicted octanol–water partition coefficient (Wildman–Crippen LogP) is 0.799. The molecule has 1 aliphatic rings. The molecule has 0 bridgehead atoms. The lowest BCUT2D eigenvalue weighted by Crippen LogP contribution is -2.25. The van der Waals surface area contributed by atoms with Crippen LogP contribution in [0.1, 0.15) is 13.3 Å². The van der Waals surface area contributed by atoms with Gasteiger partial charge in [0.25, 0.3) is 0 Å². The second-order valence-electron chi connectivity index (χ2n) is 3.39. The second-order valence-corrected chi connectivity index (χ2v) is 3.39. The Bertz CT molecular complexity index is 142. The lowest BCUT2D eigenvalue weighted by molar-refractivity contribution is 0.125. The molecule has 2 nitrogen and oxygen atoms in total. The van der Waals surface area contributed by atoms with Gasteiger partial charge in [0.05, 0.1) is 0 Å². The third-order valence-electron chi connectivity index (χ3n) is 2.41. The van der Waals surface area contributed by atoms with Crippen LogP contribution in [0, 0.1) is 17.8 Å². The third-order valence-corrected chi connectivity index (χ3v) is 2.41. The van der Waals surface area contributed by atoms with Crippen molar-refractivity contribution in [2.24, 2.45) is 17.8 Å². The number of hydrogen-bond donors (Lipinski definition) is 2. The molecule has 0 unspecified atom stereocenters. The molecule has 3 atom stereocenters. The zero-order valence-corrected chi connectivity index (χ0v) is 6.90. The van der Waals surface area contributed by atoms with E-state index < -0.39 is 0 Å². The largest absolute Gasteiger partial charge is 0.396 e. The summed E-state index contributed by atoms with van der Waals surface area (Å²) in [7, 11) is 0. The van der Waals surface area contributed by atoms with E-state index >= 15 is 0 Å². The zero-order valence-electron chi connectivity index (χ0n) is 6.90. The SMILES string of the molecule is C[C@H]1C=C[C@@H](CO)[C@@H](CO)C1. The molecule has 2 N–H and O–H groups in total. The Morgan fingerprint density at radius 3 is 2.55 bits per heavy atom. The van der Waals surface area contributed by atoms with Gasteiger partial charge in [-0.1, -0.05) is 19.1 Å². The maximum atomic E-state index is 8.97. The molecule has 2 heteroatoms. The molecule has 0 aromatic rings. The average Bonchev–Trinajstić information content (AvgIpc) is 2.04. The minimum Gasteiger partial charge on any atom is -0.396 e. The fourth-order valence-electron chi connectivity index (χ4n) is 1.64. The van der Waals surface area contributed by atoms with E-state index in [1.165, 1.54) is 0 Å². The van der Waals surface area contributed by atoms with Crippen molar-refractivity contribution in [1.29, 1.82) is 0 Å². The van der Waals surface area contributed by atoms with E-state index in [2.05, 4.69) is 13.0 Å². The molecule has 0 amide bonds. The molecule has 0 heterocycles. The molecule has 64 valence electrons. The van der Waals surface area contributed by atoms with Gasteiger partial charge in [-0.3, -0.25) is 0 Å². The Morgan fingerprint density at radius 1 is 1.27 bits per heavy atom. The Kier molecular flexibility index (Phi) is 3.09. The minimum absolute atomic E-state index is 0.161. The summed E-state index contributed by atoms with van der Waals surface area (Å²) >= 11 is 0. The minimum atomic E-state index is 0.161. The molecule has 0 aliphatic heterocycles. The monoisotopic (exact) mass is 156 g/mol.